The SMILES string of the molecule is ClCC1CN(CC2CCCCO2)C1. The van der Waals surface area contributed by atoms with E-state index in [-0.39, 0.29) is 0 Å². The third kappa shape index (κ3) is 2.58. The monoisotopic (exact) mass is 203 g/mol. The number of ether oxygens (including phenoxy) is 1. The summed E-state index contributed by atoms with van der Waals surface area (Å²) < 4.78 is 5.68. The highest BCUT2D eigenvalue weighted by Crippen LogP contribution is 2.20. The first-order chi connectivity index (χ1) is 6.38. The minimum atomic E-state index is 0.505. The van der Waals surface area contributed by atoms with Crippen LogP contribution in [0.15, 0.2) is 0 Å². The van der Waals surface area contributed by atoms with Crippen molar-refractivity contribution in [3.8, 4) is 0 Å². The zero-order valence-electron chi connectivity index (χ0n) is 8.04. The highest BCUT2D eigenvalue weighted by molar-refractivity contribution is 6.18. The Balaban J connectivity index is 1.62. The van der Waals surface area contributed by atoms with Gasteiger partial charge in [0.15, 0.2) is 0 Å². The van der Waals surface area contributed by atoms with Crippen LogP contribution in [0.2, 0.25) is 0 Å². The van der Waals surface area contributed by atoms with E-state index in [0.717, 1.165) is 24.9 Å². The van der Waals surface area contributed by atoms with Gasteiger partial charge in [-0.2, -0.15) is 0 Å². The van der Waals surface area contributed by atoms with Crippen LogP contribution in [0.1, 0.15) is 19.3 Å². The molecule has 0 spiro atoms. The van der Waals surface area contributed by atoms with Crippen molar-refractivity contribution in [3.05, 3.63) is 0 Å². The van der Waals surface area contributed by atoms with Crippen molar-refractivity contribution in [2.24, 2.45) is 5.92 Å². The lowest BCUT2D eigenvalue weighted by molar-refractivity contribution is -0.0268. The second kappa shape index (κ2) is 4.63. The summed E-state index contributed by atoms with van der Waals surface area (Å²) >= 11 is 5.75. The van der Waals surface area contributed by atoms with E-state index in [4.69, 9.17) is 16.3 Å². The summed E-state index contributed by atoms with van der Waals surface area (Å²) in [6.45, 7) is 4.47. The summed E-state index contributed by atoms with van der Waals surface area (Å²) in [5.41, 5.74) is 0. The molecule has 0 aromatic heterocycles. The molecule has 2 aliphatic heterocycles. The van der Waals surface area contributed by atoms with Crippen molar-refractivity contribution in [1.82, 2.24) is 4.90 Å². The standard InChI is InChI=1S/C10H18ClNO/c11-5-9-6-12(7-9)8-10-3-1-2-4-13-10/h9-10H,1-8H2. The molecule has 2 saturated heterocycles. The summed E-state index contributed by atoms with van der Waals surface area (Å²) in [6.07, 6.45) is 4.35. The number of alkyl halides is 1. The molecule has 0 saturated carbocycles. The third-order valence-electron chi connectivity index (χ3n) is 2.99. The van der Waals surface area contributed by atoms with Gasteiger partial charge in [0.05, 0.1) is 6.10 Å². The smallest absolute Gasteiger partial charge is 0.0702 e. The average Bonchev–Trinajstić information content (AvgIpc) is 2.12. The molecule has 0 aromatic carbocycles. The minimum Gasteiger partial charge on any atom is -0.377 e. The highest BCUT2D eigenvalue weighted by Gasteiger charge is 2.28. The zero-order chi connectivity index (χ0) is 9.10. The predicted molar refractivity (Wildman–Crippen MR) is 54.2 cm³/mol. The van der Waals surface area contributed by atoms with Gasteiger partial charge in [-0.1, -0.05) is 0 Å². The van der Waals surface area contributed by atoms with E-state index in [0.29, 0.717) is 6.10 Å². The number of likely N-dealkylation sites (tertiary alicyclic amines) is 1. The van der Waals surface area contributed by atoms with Crippen LogP contribution in [-0.2, 0) is 4.74 Å². The summed E-state index contributed by atoms with van der Waals surface area (Å²) in [7, 11) is 0. The Morgan fingerprint density at radius 1 is 1.31 bits per heavy atom. The maximum absolute atomic E-state index is 5.75. The largest absolute Gasteiger partial charge is 0.377 e. The van der Waals surface area contributed by atoms with Gasteiger partial charge in [-0.15, -0.1) is 11.6 Å². The third-order valence-corrected chi connectivity index (χ3v) is 3.42. The fourth-order valence-corrected chi connectivity index (χ4v) is 2.36. The van der Waals surface area contributed by atoms with E-state index in [9.17, 15) is 0 Å². The second-order valence-corrected chi connectivity index (χ2v) is 4.54. The lowest BCUT2D eigenvalue weighted by Crippen LogP contribution is -2.51. The van der Waals surface area contributed by atoms with Crippen LogP contribution >= 0.6 is 11.6 Å². The van der Waals surface area contributed by atoms with Crippen LogP contribution in [0.25, 0.3) is 0 Å². The molecular weight excluding hydrogens is 186 g/mol. The number of halogens is 1. The lowest BCUT2D eigenvalue weighted by atomic mass is 10.0. The van der Waals surface area contributed by atoms with Gasteiger partial charge in [-0.3, -0.25) is 0 Å². The Hall–Kier alpha value is 0.210. The first-order valence-corrected chi connectivity index (χ1v) is 5.82. The normalized spacial score (nSPS) is 31.6. The molecule has 0 aliphatic carbocycles. The minimum absolute atomic E-state index is 0.505. The number of hydrogen-bond donors (Lipinski definition) is 0. The van der Waals surface area contributed by atoms with Crippen molar-refractivity contribution in [3.63, 3.8) is 0 Å². The Labute approximate surface area is 85.2 Å². The molecule has 0 bridgehead atoms. The summed E-state index contributed by atoms with van der Waals surface area (Å²) in [5.74, 6) is 1.56. The Bertz CT molecular complexity index is 153. The predicted octanol–water partition coefficient (Wildman–Crippen LogP) is 1.73. The maximum Gasteiger partial charge on any atom is 0.0702 e. The molecule has 76 valence electrons. The number of nitrogens with zero attached hydrogens (tertiary/aromatic N) is 1. The van der Waals surface area contributed by atoms with E-state index in [1.165, 1.54) is 32.4 Å². The van der Waals surface area contributed by atoms with Crippen molar-refractivity contribution in [1.29, 1.82) is 0 Å². The van der Waals surface area contributed by atoms with Crippen molar-refractivity contribution < 1.29 is 4.74 Å². The van der Waals surface area contributed by atoms with E-state index in [2.05, 4.69) is 4.90 Å². The van der Waals surface area contributed by atoms with E-state index in [1.807, 2.05) is 0 Å². The van der Waals surface area contributed by atoms with Crippen LogP contribution in [-0.4, -0.2) is 43.1 Å². The highest BCUT2D eigenvalue weighted by atomic mass is 35.5. The van der Waals surface area contributed by atoms with Crippen LogP contribution in [0.3, 0.4) is 0 Å². The quantitative estimate of drug-likeness (QED) is 0.648. The van der Waals surface area contributed by atoms with Gasteiger partial charge < -0.3 is 9.64 Å². The molecular formula is C10H18ClNO. The molecule has 2 rings (SSSR count). The Morgan fingerprint density at radius 2 is 2.15 bits per heavy atom. The lowest BCUT2D eigenvalue weighted by Gasteiger charge is -2.40. The van der Waals surface area contributed by atoms with Crippen LogP contribution < -0.4 is 0 Å². The van der Waals surface area contributed by atoms with Gasteiger partial charge in [0.2, 0.25) is 0 Å². The Morgan fingerprint density at radius 3 is 2.77 bits per heavy atom. The Kier molecular flexibility index (Phi) is 3.47. The van der Waals surface area contributed by atoms with Crippen LogP contribution in [0.5, 0.6) is 0 Å². The first-order valence-electron chi connectivity index (χ1n) is 5.28. The van der Waals surface area contributed by atoms with Gasteiger partial charge in [0.25, 0.3) is 0 Å². The zero-order valence-corrected chi connectivity index (χ0v) is 8.80. The fourth-order valence-electron chi connectivity index (χ4n) is 2.16. The van der Waals surface area contributed by atoms with E-state index < -0.39 is 0 Å². The molecule has 1 atom stereocenters. The molecule has 13 heavy (non-hydrogen) atoms. The van der Waals surface area contributed by atoms with E-state index in [1.54, 1.807) is 0 Å². The molecule has 3 heteroatoms. The summed E-state index contributed by atoms with van der Waals surface area (Å²) in [4.78, 5) is 2.46. The van der Waals surface area contributed by atoms with Crippen molar-refractivity contribution in [2.75, 3.05) is 32.1 Å². The molecule has 2 aliphatic rings. The summed E-state index contributed by atoms with van der Waals surface area (Å²) in [5, 5.41) is 0. The average molecular weight is 204 g/mol. The van der Waals surface area contributed by atoms with Gasteiger partial charge in [-0.05, 0) is 25.2 Å². The molecule has 0 amide bonds. The maximum atomic E-state index is 5.75. The second-order valence-electron chi connectivity index (χ2n) is 4.23. The van der Waals surface area contributed by atoms with Gasteiger partial charge in [0.1, 0.15) is 0 Å². The molecule has 2 heterocycles. The van der Waals surface area contributed by atoms with Crippen LogP contribution in [0.4, 0.5) is 0 Å². The van der Waals surface area contributed by atoms with E-state index >= 15 is 0 Å². The van der Waals surface area contributed by atoms with Crippen molar-refractivity contribution in [2.45, 2.75) is 25.4 Å². The number of hydrogen-bond acceptors (Lipinski definition) is 2. The first kappa shape index (κ1) is 9.75. The number of rotatable bonds is 3. The van der Waals surface area contributed by atoms with Crippen LogP contribution in [0, 0.1) is 5.92 Å². The molecule has 2 fully saturated rings. The molecule has 0 N–H and O–H groups in total. The molecule has 2 nitrogen and oxygen atoms in total. The fraction of sp³-hybridized carbons (Fsp3) is 1.00. The molecule has 0 radical (unpaired) electrons. The van der Waals surface area contributed by atoms with Crippen molar-refractivity contribution >= 4 is 11.6 Å². The molecule has 1 unspecified atom stereocenters. The van der Waals surface area contributed by atoms with Gasteiger partial charge in [-0.25, -0.2) is 0 Å². The molecule has 0 aromatic rings. The summed E-state index contributed by atoms with van der Waals surface area (Å²) in [6, 6.07) is 0. The topological polar surface area (TPSA) is 12.5 Å². The van der Waals surface area contributed by atoms with Gasteiger partial charge in [0, 0.05) is 32.1 Å². The van der Waals surface area contributed by atoms with Gasteiger partial charge >= 0.3 is 0 Å².